The van der Waals surface area contributed by atoms with Gasteiger partial charge in [-0.15, -0.1) is 10.2 Å². The molecule has 1 N–H and O–H groups in total. The molecule has 0 spiro atoms. The van der Waals surface area contributed by atoms with Crippen LogP contribution in [0.1, 0.15) is 0 Å². The molecule has 0 aliphatic carbocycles. The molecular formula is C23H16Cl2N4O4S2. The van der Waals surface area contributed by atoms with Crippen molar-refractivity contribution in [2.75, 3.05) is 16.2 Å². The number of hydrogen-bond acceptors (Lipinski definition) is 7. The molecule has 2 heterocycles. The maximum atomic E-state index is 13.4. The van der Waals surface area contributed by atoms with Crippen molar-refractivity contribution < 1.29 is 17.9 Å². The number of aromatic nitrogens is 2. The van der Waals surface area contributed by atoms with Crippen LogP contribution in [0.2, 0.25) is 10.0 Å². The second-order valence-corrected chi connectivity index (χ2v) is 11.2. The Kier molecular flexibility index (Phi) is 6.37. The van der Waals surface area contributed by atoms with Gasteiger partial charge in [-0.3, -0.25) is 14.4 Å². The topological polar surface area (TPSA) is 101 Å². The first-order valence-corrected chi connectivity index (χ1v) is 13.3. The van der Waals surface area contributed by atoms with Gasteiger partial charge in [0.15, 0.2) is 6.10 Å². The van der Waals surface area contributed by atoms with Crippen LogP contribution in [0.5, 0.6) is 5.75 Å². The Hall–Kier alpha value is -3.18. The van der Waals surface area contributed by atoms with Gasteiger partial charge in [0, 0.05) is 15.6 Å². The van der Waals surface area contributed by atoms with Gasteiger partial charge in [0.05, 0.1) is 17.1 Å². The van der Waals surface area contributed by atoms with Crippen LogP contribution < -0.4 is 14.4 Å². The maximum absolute atomic E-state index is 13.4. The molecule has 0 bridgehead atoms. The average molecular weight is 547 g/mol. The molecular weight excluding hydrogens is 531 g/mol. The van der Waals surface area contributed by atoms with Gasteiger partial charge in [-0.05, 0) is 42.5 Å². The zero-order valence-electron chi connectivity index (χ0n) is 17.8. The van der Waals surface area contributed by atoms with E-state index in [-0.39, 0.29) is 28.0 Å². The number of carbonyl (C=O) groups is 1. The van der Waals surface area contributed by atoms with E-state index in [1.165, 1.54) is 35.6 Å². The van der Waals surface area contributed by atoms with Crippen molar-refractivity contribution >= 4 is 61.3 Å². The third kappa shape index (κ3) is 4.83. The quantitative estimate of drug-likeness (QED) is 0.373. The lowest BCUT2D eigenvalue weighted by molar-refractivity contribution is -0.122. The second-order valence-electron chi connectivity index (χ2n) is 7.48. The summed E-state index contributed by atoms with van der Waals surface area (Å²) < 4.78 is 33.9. The van der Waals surface area contributed by atoms with E-state index in [1.807, 2.05) is 0 Å². The van der Waals surface area contributed by atoms with Gasteiger partial charge in [-0.1, -0.05) is 64.9 Å². The van der Waals surface area contributed by atoms with E-state index >= 15 is 0 Å². The Morgan fingerprint density at radius 1 is 1.00 bits per heavy atom. The SMILES string of the molecule is O=C(Nc1nnc(-c2ccc(Cl)cc2)s1)[C@@H]1CN(S(=O)(=O)c2ccccc2)c2cc(Cl)ccc2O1. The summed E-state index contributed by atoms with van der Waals surface area (Å²) in [5, 5.41) is 12.6. The molecule has 0 unspecified atom stereocenters. The predicted molar refractivity (Wildman–Crippen MR) is 136 cm³/mol. The highest BCUT2D eigenvalue weighted by Crippen LogP contribution is 2.39. The summed E-state index contributed by atoms with van der Waals surface area (Å²) in [6, 6.07) is 19.6. The first kappa shape index (κ1) is 23.6. The van der Waals surface area contributed by atoms with Crippen molar-refractivity contribution in [3.8, 4) is 16.3 Å². The molecule has 0 radical (unpaired) electrons. The molecule has 0 saturated heterocycles. The van der Waals surface area contributed by atoms with Gasteiger partial charge in [-0.25, -0.2) is 8.42 Å². The molecule has 8 nitrogen and oxygen atoms in total. The van der Waals surface area contributed by atoms with E-state index in [2.05, 4.69) is 15.5 Å². The Morgan fingerprint density at radius 3 is 2.46 bits per heavy atom. The van der Waals surface area contributed by atoms with Crippen LogP contribution >= 0.6 is 34.5 Å². The molecule has 0 saturated carbocycles. The van der Waals surface area contributed by atoms with Crippen molar-refractivity contribution in [1.82, 2.24) is 10.2 Å². The number of fused-ring (bicyclic) bond motifs is 1. The highest BCUT2D eigenvalue weighted by atomic mass is 35.5. The van der Waals surface area contributed by atoms with Crippen LogP contribution in [0.25, 0.3) is 10.6 Å². The monoisotopic (exact) mass is 546 g/mol. The fraction of sp³-hybridized carbons (Fsp3) is 0.0870. The van der Waals surface area contributed by atoms with Crippen LogP contribution in [0.4, 0.5) is 10.8 Å². The number of amides is 1. The molecule has 178 valence electrons. The Morgan fingerprint density at radius 2 is 1.71 bits per heavy atom. The lowest BCUT2D eigenvalue weighted by atomic mass is 10.2. The van der Waals surface area contributed by atoms with Crippen molar-refractivity contribution in [3.63, 3.8) is 0 Å². The Balaban J connectivity index is 1.41. The number of rotatable bonds is 5. The van der Waals surface area contributed by atoms with Crippen LogP contribution in [0.3, 0.4) is 0 Å². The highest BCUT2D eigenvalue weighted by molar-refractivity contribution is 7.92. The summed E-state index contributed by atoms with van der Waals surface area (Å²) in [5.41, 5.74) is 1.05. The number of nitrogens with zero attached hydrogens (tertiary/aromatic N) is 3. The molecule has 4 aromatic rings. The minimum absolute atomic E-state index is 0.0868. The highest BCUT2D eigenvalue weighted by Gasteiger charge is 2.38. The van der Waals surface area contributed by atoms with E-state index < -0.39 is 22.0 Å². The minimum atomic E-state index is -3.99. The van der Waals surface area contributed by atoms with Gasteiger partial charge in [0.1, 0.15) is 10.8 Å². The Bertz CT molecular complexity index is 1500. The zero-order chi connectivity index (χ0) is 24.6. The number of ether oxygens (including phenoxy) is 1. The zero-order valence-corrected chi connectivity index (χ0v) is 20.9. The number of halogens is 2. The number of nitrogens with one attached hydrogen (secondary N) is 1. The first-order chi connectivity index (χ1) is 16.8. The van der Waals surface area contributed by atoms with Gasteiger partial charge < -0.3 is 4.74 Å². The standard InChI is InChI=1S/C23H16Cl2N4O4S2/c24-15-8-6-14(7-9-15)22-27-28-23(34-22)26-21(30)20-13-29(18-12-16(25)10-11-19(18)33-20)35(31,32)17-4-2-1-3-5-17/h1-12,20H,13H2,(H,26,28,30)/t20-/m0/s1. The molecule has 35 heavy (non-hydrogen) atoms. The molecule has 1 aliphatic rings. The summed E-state index contributed by atoms with van der Waals surface area (Å²) in [4.78, 5) is 13.2. The van der Waals surface area contributed by atoms with Crippen molar-refractivity contribution in [3.05, 3.63) is 82.8 Å². The number of benzene rings is 3. The van der Waals surface area contributed by atoms with Gasteiger partial charge in [0.2, 0.25) is 5.13 Å². The fourth-order valence-electron chi connectivity index (χ4n) is 3.48. The molecule has 1 atom stereocenters. The number of sulfonamides is 1. The van der Waals surface area contributed by atoms with Gasteiger partial charge in [0.25, 0.3) is 15.9 Å². The molecule has 0 fully saturated rings. The summed E-state index contributed by atoms with van der Waals surface area (Å²) in [6.45, 7) is -0.251. The lowest BCUT2D eigenvalue weighted by Gasteiger charge is -2.34. The lowest BCUT2D eigenvalue weighted by Crippen LogP contribution is -2.48. The van der Waals surface area contributed by atoms with E-state index in [0.717, 1.165) is 9.87 Å². The van der Waals surface area contributed by atoms with Crippen LogP contribution in [-0.4, -0.2) is 37.2 Å². The van der Waals surface area contributed by atoms with E-state index in [9.17, 15) is 13.2 Å². The summed E-state index contributed by atoms with van der Waals surface area (Å²) in [6.07, 6.45) is -1.13. The number of carbonyl (C=O) groups excluding carboxylic acids is 1. The molecule has 5 rings (SSSR count). The van der Waals surface area contributed by atoms with Crippen LogP contribution in [-0.2, 0) is 14.8 Å². The molecule has 1 amide bonds. The largest absolute Gasteiger partial charge is 0.476 e. The summed E-state index contributed by atoms with van der Waals surface area (Å²) in [5.74, 6) is -0.336. The van der Waals surface area contributed by atoms with Gasteiger partial charge in [-0.2, -0.15) is 0 Å². The smallest absolute Gasteiger partial charge is 0.269 e. The summed E-state index contributed by atoms with van der Waals surface area (Å²) >= 11 is 13.2. The van der Waals surface area contributed by atoms with Gasteiger partial charge >= 0.3 is 0 Å². The predicted octanol–water partition coefficient (Wildman–Crippen LogP) is 5.11. The fourth-order valence-corrected chi connectivity index (χ4v) is 6.01. The normalized spacial score (nSPS) is 15.3. The molecule has 12 heteroatoms. The van der Waals surface area contributed by atoms with Crippen molar-refractivity contribution in [1.29, 1.82) is 0 Å². The van der Waals surface area contributed by atoms with Crippen LogP contribution in [0.15, 0.2) is 77.7 Å². The molecule has 1 aromatic heterocycles. The molecule has 3 aromatic carbocycles. The average Bonchev–Trinajstić information content (AvgIpc) is 3.32. The van der Waals surface area contributed by atoms with E-state index in [1.54, 1.807) is 48.5 Å². The summed E-state index contributed by atoms with van der Waals surface area (Å²) in [7, 11) is -3.99. The molecule has 1 aliphatic heterocycles. The van der Waals surface area contributed by atoms with Crippen LogP contribution in [0, 0.1) is 0 Å². The third-order valence-corrected chi connectivity index (χ3v) is 8.33. The van der Waals surface area contributed by atoms with Crippen molar-refractivity contribution in [2.24, 2.45) is 0 Å². The van der Waals surface area contributed by atoms with Crippen molar-refractivity contribution in [2.45, 2.75) is 11.0 Å². The first-order valence-electron chi connectivity index (χ1n) is 10.3. The second kappa shape index (κ2) is 9.46. The van der Waals surface area contributed by atoms with E-state index in [0.29, 0.717) is 15.1 Å². The Labute approximate surface area is 215 Å². The third-order valence-electron chi connectivity index (χ3n) is 5.16. The maximum Gasteiger partial charge on any atom is 0.269 e. The number of hydrogen-bond donors (Lipinski definition) is 1. The number of anilines is 2. The minimum Gasteiger partial charge on any atom is -0.476 e. The van der Waals surface area contributed by atoms with E-state index in [4.69, 9.17) is 27.9 Å².